The van der Waals surface area contributed by atoms with Gasteiger partial charge in [-0.05, 0) is 23.5 Å². The highest BCUT2D eigenvalue weighted by atomic mass is 16.3. The van der Waals surface area contributed by atoms with Gasteiger partial charge >= 0.3 is 0 Å². The predicted octanol–water partition coefficient (Wildman–Crippen LogP) is 5.21. The summed E-state index contributed by atoms with van der Waals surface area (Å²) in [6.45, 7) is 6.15. The number of rotatable bonds is 9. The zero-order valence-corrected chi connectivity index (χ0v) is 16.4. The van der Waals surface area contributed by atoms with Crippen molar-refractivity contribution in [1.82, 2.24) is 4.90 Å². The maximum absolute atomic E-state index is 11.2. The summed E-state index contributed by atoms with van der Waals surface area (Å²) >= 11 is 0. The van der Waals surface area contributed by atoms with E-state index in [2.05, 4.69) is 91.6 Å². The van der Waals surface area contributed by atoms with Crippen LogP contribution in [0.3, 0.4) is 0 Å². The topological polar surface area (TPSA) is 23.5 Å². The monoisotopic (exact) mass is 361 g/mol. The largest absolute Gasteiger partial charge is 0.391 e. The Labute approximate surface area is 163 Å². The van der Waals surface area contributed by atoms with Crippen LogP contribution in [0.2, 0.25) is 0 Å². The van der Waals surface area contributed by atoms with Crippen molar-refractivity contribution in [1.29, 1.82) is 0 Å². The van der Waals surface area contributed by atoms with Crippen LogP contribution in [0.4, 0.5) is 0 Å². The molecule has 2 aromatic carbocycles. The van der Waals surface area contributed by atoms with Gasteiger partial charge in [-0.15, -0.1) is 0 Å². The highest BCUT2D eigenvalue weighted by molar-refractivity contribution is 5.21. The van der Waals surface area contributed by atoms with Crippen LogP contribution in [0.5, 0.6) is 0 Å². The Morgan fingerprint density at radius 1 is 0.815 bits per heavy atom. The Bertz CT molecular complexity index is 682. The Morgan fingerprint density at radius 3 is 1.74 bits per heavy atom. The van der Waals surface area contributed by atoms with Gasteiger partial charge in [0.25, 0.3) is 0 Å². The van der Waals surface area contributed by atoms with Crippen molar-refractivity contribution < 1.29 is 5.11 Å². The number of aliphatic hydroxyl groups excluding tert-OH is 1. The third kappa shape index (κ3) is 5.66. The second-order valence-electron chi connectivity index (χ2n) is 7.91. The lowest BCUT2D eigenvalue weighted by molar-refractivity contribution is 0.0142. The second kappa shape index (κ2) is 9.68. The molecule has 1 aliphatic carbocycles. The van der Waals surface area contributed by atoms with Crippen LogP contribution in [0.1, 0.15) is 31.4 Å². The van der Waals surface area contributed by atoms with E-state index in [4.69, 9.17) is 0 Å². The Morgan fingerprint density at radius 2 is 1.30 bits per heavy atom. The van der Waals surface area contributed by atoms with Crippen LogP contribution in [-0.4, -0.2) is 22.2 Å². The molecule has 27 heavy (non-hydrogen) atoms. The van der Waals surface area contributed by atoms with Crippen molar-refractivity contribution in [2.75, 3.05) is 0 Å². The maximum Gasteiger partial charge on any atom is 0.0792 e. The normalized spacial score (nSPS) is 16.3. The van der Waals surface area contributed by atoms with Gasteiger partial charge in [-0.25, -0.2) is 0 Å². The molecule has 0 aromatic heterocycles. The van der Waals surface area contributed by atoms with Crippen molar-refractivity contribution in [3.8, 4) is 0 Å². The second-order valence-corrected chi connectivity index (χ2v) is 7.91. The van der Waals surface area contributed by atoms with Gasteiger partial charge in [0.05, 0.1) is 6.10 Å². The Kier molecular flexibility index (Phi) is 7.03. The summed E-state index contributed by atoms with van der Waals surface area (Å²) in [5.41, 5.74) is 2.57. The van der Waals surface area contributed by atoms with Gasteiger partial charge in [0.2, 0.25) is 0 Å². The minimum Gasteiger partial charge on any atom is -0.391 e. The fourth-order valence-corrected chi connectivity index (χ4v) is 3.85. The molecule has 0 fully saturated rings. The average molecular weight is 362 g/mol. The number of hydrogen-bond acceptors (Lipinski definition) is 2. The molecule has 2 aromatic rings. The Balaban J connectivity index is 1.87. The van der Waals surface area contributed by atoms with Crippen LogP contribution in [0.25, 0.3) is 0 Å². The zero-order valence-electron chi connectivity index (χ0n) is 16.4. The highest BCUT2D eigenvalue weighted by Crippen LogP contribution is 2.27. The first-order valence-corrected chi connectivity index (χ1v) is 9.98. The standard InChI is InChI=1S/C25H31NO/c1-20(2)17-24(25(27)23-15-9-10-16-23)26(18-21-11-5-3-6-12-21)19-22-13-7-4-8-14-22/h3-16,20,23-25,27H,17-19H2,1-2H3/t24-,25-/m0/s1. The summed E-state index contributed by atoms with van der Waals surface area (Å²) in [6, 6.07) is 21.3. The molecule has 0 amide bonds. The van der Waals surface area contributed by atoms with E-state index in [1.165, 1.54) is 11.1 Å². The third-order valence-corrected chi connectivity index (χ3v) is 5.21. The van der Waals surface area contributed by atoms with E-state index < -0.39 is 6.10 Å². The number of allylic oxidation sites excluding steroid dienone is 2. The molecule has 0 aliphatic heterocycles. The van der Waals surface area contributed by atoms with E-state index in [0.717, 1.165) is 19.5 Å². The van der Waals surface area contributed by atoms with Gasteiger partial charge in [-0.3, -0.25) is 4.90 Å². The number of nitrogens with zero attached hydrogens (tertiary/aromatic N) is 1. The molecule has 0 heterocycles. The van der Waals surface area contributed by atoms with Gasteiger partial charge < -0.3 is 5.11 Å². The van der Waals surface area contributed by atoms with E-state index in [1.54, 1.807) is 0 Å². The van der Waals surface area contributed by atoms with E-state index in [-0.39, 0.29) is 12.0 Å². The molecule has 0 saturated carbocycles. The molecule has 1 aliphatic rings. The van der Waals surface area contributed by atoms with Crippen molar-refractivity contribution in [3.05, 3.63) is 96.1 Å². The smallest absolute Gasteiger partial charge is 0.0792 e. The fourth-order valence-electron chi connectivity index (χ4n) is 3.85. The molecule has 0 saturated heterocycles. The van der Waals surface area contributed by atoms with Crippen molar-refractivity contribution in [3.63, 3.8) is 0 Å². The molecule has 2 atom stereocenters. The molecule has 3 rings (SSSR count). The zero-order chi connectivity index (χ0) is 19.1. The van der Waals surface area contributed by atoms with E-state index in [0.29, 0.717) is 5.92 Å². The lowest BCUT2D eigenvalue weighted by Crippen LogP contribution is -2.46. The molecule has 142 valence electrons. The molecule has 0 bridgehead atoms. The van der Waals surface area contributed by atoms with Crippen molar-refractivity contribution in [2.24, 2.45) is 11.8 Å². The quantitative estimate of drug-likeness (QED) is 0.663. The predicted molar refractivity (Wildman–Crippen MR) is 113 cm³/mol. The summed E-state index contributed by atoms with van der Waals surface area (Å²) in [5, 5.41) is 11.2. The molecular formula is C25H31NO. The highest BCUT2D eigenvalue weighted by Gasteiger charge is 2.31. The van der Waals surface area contributed by atoms with Crippen LogP contribution in [0, 0.1) is 11.8 Å². The minimum atomic E-state index is -0.408. The molecule has 2 heteroatoms. The van der Waals surface area contributed by atoms with E-state index in [1.807, 2.05) is 12.2 Å². The van der Waals surface area contributed by atoms with Crippen molar-refractivity contribution >= 4 is 0 Å². The average Bonchev–Trinajstić information content (AvgIpc) is 3.21. The van der Waals surface area contributed by atoms with Crippen LogP contribution in [-0.2, 0) is 13.1 Å². The summed E-state index contributed by atoms with van der Waals surface area (Å²) in [6.07, 6.45) is 8.87. The first-order chi connectivity index (χ1) is 13.1. The third-order valence-electron chi connectivity index (χ3n) is 5.21. The van der Waals surface area contributed by atoms with Crippen LogP contribution >= 0.6 is 0 Å². The summed E-state index contributed by atoms with van der Waals surface area (Å²) in [4.78, 5) is 2.45. The van der Waals surface area contributed by atoms with Gasteiger partial charge in [0, 0.05) is 25.0 Å². The van der Waals surface area contributed by atoms with E-state index in [9.17, 15) is 5.11 Å². The summed E-state index contributed by atoms with van der Waals surface area (Å²) in [7, 11) is 0. The first-order valence-electron chi connectivity index (χ1n) is 9.98. The first kappa shape index (κ1) is 19.6. The van der Waals surface area contributed by atoms with Crippen LogP contribution in [0.15, 0.2) is 85.0 Å². The molecule has 0 radical (unpaired) electrons. The minimum absolute atomic E-state index is 0.0998. The SMILES string of the molecule is CC(C)C[C@@H]([C@@H](O)C1C=CC=C1)N(Cc1ccccc1)Cc1ccccc1. The molecule has 0 unspecified atom stereocenters. The number of aliphatic hydroxyl groups is 1. The van der Waals surface area contributed by atoms with Crippen molar-refractivity contribution in [2.45, 2.75) is 45.5 Å². The molecular weight excluding hydrogens is 330 g/mol. The molecule has 1 N–H and O–H groups in total. The summed E-state index contributed by atoms with van der Waals surface area (Å²) in [5.74, 6) is 0.621. The maximum atomic E-state index is 11.2. The number of benzene rings is 2. The molecule has 0 spiro atoms. The van der Waals surface area contributed by atoms with Gasteiger partial charge in [-0.1, -0.05) is 98.8 Å². The van der Waals surface area contributed by atoms with Gasteiger partial charge in [-0.2, -0.15) is 0 Å². The van der Waals surface area contributed by atoms with E-state index >= 15 is 0 Å². The fraction of sp³-hybridized carbons (Fsp3) is 0.360. The number of hydrogen-bond donors (Lipinski definition) is 1. The lowest BCUT2D eigenvalue weighted by atomic mass is 9.89. The summed E-state index contributed by atoms with van der Waals surface area (Å²) < 4.78 is 0. The van der Waals surface area contributed by atoms with Crippen LogP contribution < -0.4 is 0 Å². The van der Waals surface area contributed by atoms with Gasteiger partial charge in [0.15, 0.2) is 0 Å². The lowest BCUT2D eigenvalue weighted by Gasteiger charge is -2.38. The molecule has 2 nitrogen and oxygen atoms in total. The Hall–Kier alpha value is -2.16. The van der Waals surface area contributed by atoms with Gasteiger partial charge in [0.1, 0.15) is 0 Å².